The molecule has 0 saturated carbocycles. The number of benzene rings is 1. The van der Waals surface area contributed by atoms with E-state index in [0.29, 0.717) is 0 Å². The van der Waals surface area contributed by atoms with E-state index in [-0.39, 0.29) is 36.6 Å². The Hall–Kier alpha value is -2.45. The zero-order chi connectivity index (χ0) is 18.4. The minimum absolute atomic E-state index is 0. The molecule has 3 rings (SSSR count). The first-order chi connectivity index (χ1) is 12.7. The highest BCUT2D eigenvalue weighted by atomic mass is 35.5. The molecule has 0 spiro atoms. The van der Waals surface area contributed by atoms with Gasteiger partial charge in [0.1, 0.15) is 0 Å². The normalized spacial score (nSPS) is 14.3. The molecule has 8 nitrogen and oxygen atoms in total. The molecule has 0 radical (unpaired) electrons. The van der Waals surface area contributed by atoms with Gasteiger partial charge in [-0.3, -0.25) is 9.59 Å². The van der Waals surface area contributed by atoms with Crippen LogP contribution in [-0.4, -0.2) is 46.4 Å². The zero-order valence-corrected chi connectivity index (χ0v) is 16.1. The number of nitrogens with one attached hydrogen (secondary N) is 3. The van der Waals surface area contributed by atoms with Gasteiger partial charge < -0.3 is 16.0 Å². The number of hydrogen-bond donors (Lipinski definition) is 3. The van der Waals surface area contributed by atoms with Crippen LogP contribution in [0, 0.1) is 0 Å². The Morgan fingerprint density at radius 2 is 2.07 bits per heavy atom. The SMILES string of the molecule is CCc1cccc(NC(=O)CNC(=O)c2cn(C3CCNCC3)nn2)c1.Cl. The molecule has 0 aliphatic carbocycles. The van der Waals surface area contributed by atoms with Crippen molar-refractivity contribution in [2.45, 2.75) is 32.2 Å². The van der Waals surface area contributed by atoms with Crippen LogP contribution in [0.15, 0.2) is 30.5 Å². The lowest BCUT2D eigenvalue weighted by atomic mass is 10.1. The summed E-state index contributed by atoms with van der Waals surface area (Å²) in [5, 5.41) is 16.6. The van der Waals surface area contributed by atoms with Crippen molar-refractivity contribution in [3.05, 3.63) is 41.7 Å². The third kappa shape index (κ3) is 5.77. The standard InChI is InChI=1S/C18H24N6O2.ClH/c1-2-13-4-3-5-14(10-13)21-17(25)11-20-18(26)16-12-24(23-22-16)15-6-8-19-9-7-15;/h3-5,10,12,15,19H,2,6-9,11H2,1H3,(H,20,26)(H,21,25);1H. The number of carbonyl (C=O) groups excluding carboxylic acids is 2. The Kier molecular flexibility index (Phi) is 7.75. The van der Waals surface area contributed by atoms with Crippen LogP contribution in [0.1, 0.15) is 41.9 Å². The maximum Gasteiger partial charge on any atom is 0.273 e. The molecular weight excluding hydrogens is 368 g/mol. The molecule has 2 amide bonds. The fourth-order valence-electron chi connectivity index (χ4n) is 2.96. The first-order valence-corrected chi connectivity index (χ1v) is 8.95. The molecule has 2 aromatic rings. The molecule has 1 saturated heterocycles. The summed E-state index contributed by atoms with van der Waals surface area (Å²) >= 11 is 0. The van der Waals surface area contributed by atoms with Crippen LogP contribution in [0.25, 0.3) is 0 Å². The van der Waals surface area contributed by atoms with Crippen molar-refractivity contribution in [3.63, 3.8) is 0 Å². The molecule has 146 valence electrons. The Morgan fingerprint density at radius 1 is 1.30 bits per heavy atom. The van der Waals surface area contributed by atoms with Crippen LogP contribution in [0.4, 0.5) is 5.69 Å². The fraction of sp³-hybridized carbons (Fsp3) is 0.444. The van der Waals surface area contributed by atoms with E-state index in [4.69, 9.17) is 0 Å². The van der Waals surface area contributed by atoms with Crippen molar-refractivity contribution in [3.8, 4) is 0 Å². The van der Waals surface area contributed by atoms with E-state index >= 15 is 0 Å². The van der Waals surface area contributed by atoms with E-state index in [9.17, 15) is 9.59 Å². The van der Waals surface area contributed by atoms with Gasteiger partial charge in [0.15, 0.2) is 5.69 Å². The van der Waals surface area contributed by atoms with Crippen LogP contribution in [0.2, 0.25) is 0 Å². The summed E-state index contributed by atoms with van der Waals surface area (Å²) in [5.74, 6) is -0.681. The number of halogens is 1. The van der Waals surface area contributed by atoms with Gasteiger partial charge in [-0.05, 0) is 50.0 Å². The van der Waals surface area contributed by atoms with Gasteiger partial charge in [0.05, 0.1) is 18.8 Å². The largest absolute Gasteiger partial charge is 0.342 e. The molecule has 2 heterocycles. The second-order valence-corrected chi connectivity index (χ2v) is 6.35. The lowest BCUT2D eigenvalue weighted by Crippen LogP contribution is -2.33. The second kappa shape index (κ2) is 10.0. The molecule has 0 bridgehead atoms. The van der Waals surface area contributed by atoms with Gasteiger partial charge in [-0.15, -0.1) is 17.5 Å². The van der Waals surface area contributed by atoms with Crippen LogP contribution >= 0.6 is 12.4 Å². The maximum atomic E-state index is 12.2. The average molecular weight is 393 g/mol. The smallest absolute Gasteiger partial charge is 0.273 e. The predicted octanol–water partition coefficient (Wildman–Crippen LogP) is 1.56. The molecule has 9 heteroatoms. The lowest BCUT2D eigenvalue weighted by Gasteiger charge is -2.22. The quantitative estimate of drug-likeness (QED) is 0.692. The number of rotatable bonds is 6. The van der Waals surface area contributed by atoms with Gasteiger partial charge in [-0.25, -0.2) is 4.68 Å². The van der Waals surface area contributed by atoms with E-state index < -0.39 is 5.91 Å². The summed E-state index contributed by atoms with van der Waals surface area (Å²) in [4.78, 5) is 24.2. The summed E-state index contributed by atoms with van der Waals surface area (Å²) in [5.41, 5.74) is 2.09. The van der Waals surface area contributed by atoms with Crippen LogP contribution in [0.3, 0.4) is 0 Å². The van der Waals surface area contributed by atoms with Crippen LogP contribution in [-0.2, 0) is 11.2 Å². The van der Waals surface area contributed by atoms with Gasteiger partial charge in [-0.2, -0.15) is 0 Å². The molecule has 1 aliphatic rings. The van der Waals surface area contributed by atoms with E-state index in [0.717, 1.165) is 43.6 Å². The van der Waals surface area contributed by atoms with E-state index in [1.54, 1.807) is 10.9 Å². The molecule has 1 fully saturated rings. The molecule has 3 N–H and O–H groups in total. The Morgan fingerprint density at radius 3 is 2.81 bits per heavy atom. The first-order valence-electron chi connectivity index (χ1n) is 8.95. The molecule has 1 aromatic heterocycles. The van der Waals surface area contributed by atoms with Crippen molar-refractivity contribution in [1.29, 1.82) is 0 Å². The fourth-order valence-corrected chi connectivity index (χ4v) is 2.96. The predicted molar refractivity (Wildman–Crippen MR) is 105 cm³/mol. The summed E-state index contributed by atoms with van der Waals surface area (Å²) < 4.78 is 1.74. The summed E-state index contributed by atoms with van der Waals surface area (Å²) in [6, 6.07) is 7.91. The topological polar surface area (TPSA) is 101 Å². The van der Waals surface area contributed by atoms with Crippen molar-refractivity contribution >= 4 is 29.9 Å². The van der Waals surface area contributed by atoms with Gasteiger partial charge >= 0.3 is 0 Å². The summed E-state index contributed by atoms with van der Waals surface area (Å²) in [6.07, 6.45) is 4.47. The molecule has 1 aromatic carbocycles. The molecule has 0 unspecified atom stereocenters. The van der Waals surface area contributed by atoms with E-state index in [2.05, 4.69) is 33.2 Å². The van der Waals surface area contributed by atoms with E-state index in [1.807, 2.05) is 24.3 Å². The zero-order valence-electron chi connectivity index (χ0n) is 15.3. The highest BCUT2D eigenvalue weighted by Gasteiger charge is 2.19. The molecule has 0 atom stereocenters. The number of nitrogens with zero attached hydrogens (tertiary/aromatic N) is 3. The third-order valence-corrected chi connectivity index (χ3v) is 4.45. The Bertz CT molecular complexity index is 773. The highest BCUT2D eigenvalue weighted by Crippen LogP contribution is 2.17. The summed E-state index contributed by atoms with van der Waals surface area (Å²) in [7, 11) is 0. The van der Waals surface area contributed by atoms with Crippen LogP contribution < -0.4 is 16.0 Å². The molecule has 27 heavy (non-hydrogen) atoms. The van der Waals surface area contributed by atoms with Crippen molar-refractivity contribution < 1.29 is 9.59 Å². The van der Waals surface area contributed by atoms with E-state index in [1.165, 1.54) is 0 Å². The lowest BCUT2D eigenvalue weighted by molar-refractivity contribution is -0.115. The van der Waals surface area contributed by atoms with Crippen LogP contribution in [0.5, 0.6) is 0 Å². The molecular formula is C18H25ClN6O2. The Balaban J connectivity index is 0.00000261. The third-order valence-electron chi connectivity index (χ3n) is 4.45. The van der Waals surface area contributed by atoms with Gasteiger partial charge in [-0.1, -0.05) is 24.3 Å². The van der Waals surface area contributed by atoms with Crippen molar-refractivity contribution in [2.75, 3.05) is 25.0 Å². The number of piperidine rings is 1. The maximum absolute atomic E-state index is 12.2. The highest BCUT2D eigenvalue weighted by molar-refractivity contribution is 5.98. The first kappa shape index (κ1) is 20.9. The minimum Gasteiger partial charge on any atom is -0.342 e. The number of amides is 2. The van der Waals surface area contributed by atoms with Gasteiger partial charge in [0.25, 0.3) is 5.91 Å². The average Bonchev–Trinajstić information content (AvgIpc) is 3.17. The number of hydrogen-bond acceptors (Lipinski definition) is 5. The monoisotopic (exact) mass is 392 g/mol. The number of aryl methyl sites for hydroxylation is 1. The van der Waals surface area contributed by atoms with Crippen molar-refractivity contribution in [2.24, 2.45) is 0 Å². The number of anilines is 1. The number of aromatic nitrogens is 3. The van der Waals surface area contributed by atoms with Gasteiger partial charge in [0.2, 0.25) is 5.91 Å². The van der Waals surface area contributed by atoms with Crippen molar-refractivity contribution in [1.82, 2.24) is 25.6 Å². The second-order valence-electron chi connectivity index (χ2n) is 6.35. The molecule has 1 aliphatic heterocycles. The minimum atomic E-state index is -0.400. The summed E-state index contributed by atoms with van der Waals surface area (Å²) in [6.45, 7) is 3.81. The Labute approximate surface area is 164 Å². The van der Waals surface area contributed by atoms with Gasteiger partial charge in [0, 0.05) is 5.69 Å². The number of carbonyl (C=O) groups is 2.